The SMILES string of the molecule is N#Cc1ccc2c(c1)CC[N]2. The van der Waals surface area contributed by atoms with Crippen LogP contribution in [0.25, 0.3) is 0 Å². The second-order valence-corrected chi connectivity index (χ2v) is 2.59. The average Bonchev–Trinajstić information content (AvgIpc) is 2.50. The zero-order chi connectivity index (χ0) is 7.68. The van der Waals surface area contributed by atoms with Crippen molar-refractivity contribution in [2.45, 2.75) is 6.42 Å². The van der Waals surface area contributed by atoms with E-state index in [0.717, 1.165) is 24.2 Å². The van der Waals surface area contributed by atoms with E-state index in [4.69, 9.17) is 5.26 Å². The van der Waals surface area contributed by atoms with Crippen LogP contribution < -0.4 is 5.32 Å². The molecular weight excluding hydrogens is 136 g/mol. The second kappa shape index (κ2) is 2.28. The number of fused-ring (bicyclic) bond motifs is 1. The van der Waals surface area contributed by atoms with E-state index in [-0.39, 0.29) is 0 Å². The van der Waals surface area contributed by atoms with Crippen LogP contribution in [0.15, 0.2) is 18.2 Å². The van der Waals surface area contributed by atoms with E-state index >= 15 is 0 Å². The maximum atomic E-state index is 8.59. The molecule has 0 saturated carbocycles. The molecule has 0 spiro atoms. The van der Waals surface area contributed by atoms with Crippen molar-refractivity contribution in [2.75, 3.05) is 6.54 Å². The molecule has 0 fully saturated rings. The van der Waals surface area contributed by atoms with Crippen molar-refractivity contribution < 1.29 is 0 Å². The number of nitrogens with zero attached hydrogens (tertiary/aromatic N) is 2. The third kappa shape index (κ3) is 0.947. The fraction of sp³-hybridized carbons (Fsp3) is 0.222. The van der Waals surface area contributed by atoms with Crippen LogP contribution in [0.4, 0.5) is 5.69 Å². The molecule has 0 aliphatic carbocycles. The molecule has 0 aromatic heterocycles. The molecule has 1 aliphatic heterocycles. The monoisotopic (exact) mass is 143 g/mol. The molecule has 53 valence electrons. The first-order valence-electron chi connectivity index (χ1n) is 3.61. The zero-order valence-electron chi connectivity index (χ0n) is 6.04. The first-order valence-corrected chi connectivity index (χ1v) is 3.61. The van der Waals surface area contributed by atoms with Crippen LogP contribution in [0.5, 0.6) is 0 Å². The van der Waals surface area contributed by atoms with Gasteiger partial charge in [-0.1, -0.05) is 0 Å². The van der Waals surface area contributed by atoms with Gasteiger partial charge < -0.3 is 0 Å². The highest BCUT2D eigenvalue weighted by molar-refractivity contribution is 5.52. The lowest BCUT2D eigenvalue weighted by Crippen LogP contribution is -1.88. The van der Waals surface area contributed by atoms with Gasteiger partial charge in [0.1, 0.15) is 0 Å². The topological polar surface area (TPSA) is 37.9 Å². The Kier molecular flexibility index (Phi) is 1.29. The number of benzene rings is 1. The van der Waals surface area contributed by atoms with Gasteiger partial charge >= 0.3 is 0 Å². The molecule has 0 amide bonds. The van der Waals surface area contributed by atoms with Gasteiger partial charge in [0.25, 0.3) is 0 Å². The summed E-state index contributed by atoms with van der Waals surface area (Å²) in [4.78, 5) is 0. The molecule has 11 heavy (non-hydrogen) atoms. The molecule has 0 saturated heterocycles. The number of hydrogen-bond acceptors (Lipinski definition) is 1. The summed E-state index contributed by atoms with van der Waals surface area (Å²) in [6, 6.07) is 7.77. The fourth-order valence-electron chi connectivity index (χ4n) is 1.31. The molecular formula is C9H7N2. The van der Waals surface area contributed by atoms with E-state index in [2.05, 4.69) is 11.4 Å². The fourth-order valence-corrected chi connectivity index (χ4v) is 1.31. The quantitative estimate of drug-likeness (QED) is 0.540. The van der Waals surface area contributed by atoms with Crippen molar-refractivity contribution in [2.24, 2.45) is 0 Å². The number of rotatable bonds is 0. The summed E-state index contributed by atoms with van der Waals surface area (Å²) in [5, 5.41) is 12.9. The highest BCUT2D eigenvalue weighted by Crippen LogP contribution is 2.22. The third-order valence-corrected chi connectivity index (χ3v) is 1.87. The largest absolute Gasteiger partial charge is 0.285 e. The number of hydrogen-bond donors (Lipinski definition) is 0. The minimum Gasteiger partial charge on any atom is -0.285 e. The van der Waals surface area contributed by atoms with Gasteiger partial charge in [-0.15, -0.1) is 0 Å². The van der Waals surface area contributed by atoms with Crippen molar-refractivity contribution in [3.8, 4) is 6.07 Å². The second-order valence-electron chi connectivity index (χ2n) is 2.59. The summed E-state index contributed by atoms with van der Waals surface area (Å²) in [5.74, 6) is 0. The van der Waals surface area contributed by atoms with Crippen LogP contribution in [0.3, 0.4) is 0 Å². The number of nitriles is 1. The van der Waals surface area contributed by atoms with E-state index in [1.165, 1.54) is 5.56 Å². The maximum Gasteiger partial charge on any atom is 0.0991 e. The van der Waals surface area contributed by atoms with Crippen LogP contribution in [0, 0.1) is 11.3 Å². The van der Waals surface area contributed by atoms with Gasteiger partial charge in [-0.05, 0) is 30.2 Å². The Labute approximate surface area is 65.5 Å². The van der Waals surface area contributed by atoms with Crippen molar-refractivity contribution >= 4 is 5.69 Å². The van der Waals surface area contributed by atoms with Gasteiger partial charge in [-0.3, -0.25) is 5.32 Å². The van der Waals surface area contributed by atoms with Gasteiger partial charge in [-0.2, -0.15) is 5.26 Å². The third-order valence-electron chi connectivity index (χ3n) is 1.87. The molecule has 0 N–H and O–H groups in total. The molecule has 1 aromatic carbocycles. The Hall–Kier alpha value is -1.49. The van der Waals surface area contributed by atoms with Gasteiger partial charge in [0.2, 0.25) is 0 Å². The molecule has 2 heteroatoms. The predicted molar refractivity (Wildman–Crippen MR) is 41.5 cm³/mol. The Bertz CT molecular complexity index is 323. The lowest BCUT2D eigenvalue weighted by atomic mass is 10.1. The lowest BCUT2D eigenvalue weighted by molar-refractivity contribution is 0.909. The Morgan fingerprint density at radius 2 is 2.36 bits per heavy atom. The summed E-state index contributed by atoms with van der Waals surface area (Å²) >= 11 is 0. The van der Waals surface area contributed by atoms with Gasteiger partial charge in [0.15, 0.2) is 0 Å². The summed E-state index contributed by atoms with van der Waals surface area (Å²) in [6.45, 7) is 0.879. The lowest BCUT2D eigenvalue weighted by Gasteiger charge is -1.95. The van der Waals surface area contributed by atoms with Crippen molar-refractivity contribution in [1.29, 1.82) is 5.26 Å². The van der Waals surface area contributed by atoms with Crippen molar-refractivity contribution in [3.63, 3.8) is 0 Å². The normalized spacial score (nSPS) is 13.4. The minimum atomic E-state index is 0.737. The molecule has 2 rings (SSSR count). The van der Waals surface area contributed by atoms with Crippen LogP contribution in [-0.2, 0) is 6.42 Å². The first kappa shape index (κ1) is 6.23. The van der Waals surface area contributed by atoms with E-state index < -0.39 is 0 Å². The molecule has 2 nitrogen and oxygen atoms in total. The smallest absolute Gasteiger partial charge is 0.0991 e. The van der Waals surface area contributed by atoms with E-state index in [1.54, 1.807) is 0 Å². The van der Waals surface area contributed by atoms with Crippen LogP contribution >= 0.6 is 0 Å². The first-order chi connectivity index (χ1) is 5.40. The minimum absolute atomic E-state index is 0.737. The van der Waals surface area contributed by atoms with E-state index in [0.29, 0.717) is 0 Å². The van der Waals surface area contributed by atoms with Crippen LogP contribution in [-0.4, -0.2) is 6.54 Å². The Morgan fingerprint density at radius 3 is 3.18 bits per heavy atom. The van der Waals surface area contributed by atoms with Crippen molar-refractivity contribution in [1.82, 2.24) is 5.32 Å². The molecule has 0 bridgehead atoms. The summed E-state index contributed by atoms with van der Waals surface area (Å²) in [7, 11) is 0. The Balaban J connectivity index is 2.51. The van der Waals surface area contributed by atoms with Crippen LogP contribution in [0.2, 0.25) is 0 Å². The Morgan fingerprint density at radius 1 is 1.45 bits per heavy atom. The summed E-state index contributed by atoms with van der Waals surface area (Å²) in [5.41, 5.74) is 3.01. The molecule has 1 radical (unpaired) electrons. The van der Waals surface area contributed by atoms with Crippen molar-refractivity contribution in [3.05, 3.63) is 29.3 Å². The van der Waals surface area contributed by atoms with Gasteiger partial charge in [0.05, 0.1) is 17.3 Å². The highest BCUT2D eigenvalue weighted by atomic mass is 14.9. The van der Waals surface area contributed by atoms with E-state index in [9.17, 15) is 0 Å². The zero-order valence-corrected chi connectivity index (χ0v) is 6.04. The summed E-state index contributed by atoms with van der Waals surface area (Å²) in [6.07, 6.45) is 0.991. The molecule has 1 aromatic rings. The average molecular weight is 143 g/mol. The van der Waals surface area contributed by atoms with Gasteiger partial charge in [-0.25, -0.2) is 0 Å². The standard InChI is InChI=1S/C9H7N2/c10-6-7-1-2-9-8(5-7)3-4-11-9/h1-2,5H,3-4H2. The predicted octanol–water partition coefficient (Wildman–Crippen LogP) is 1.35. The molecule has 0 unspecified atom stereocenters. The molecule has 1 aliphatic rings. The van der Waals surface area contributed by atoms with Crippen LogP contribution in [0.1, 0.15) is 11.1 Å². The maximum absolute atomic E-state index is 8.59. The van der Waals surface area contributed by atoms with E-state index in [1.807, 2.05) is 18.2 Å². The summed E-state index contributed by atoms with van der Waals surface area (Å²) < 4.78 is 0. The highest BCUT2D eigenvalue weighted by Gasteiger charge is 2.10. The molecule has 1 heterocycles. The van der Waals surface area contributed by atoms with Gasteiger partial charge in [0, 0.05) is 6.54 Å². The molecule has 0 atom stereocenters.